The molecule has 0 saturated carbocycles. The Labute approximate surface area is 238 Å². The number of thiazole rings is 1. The molecule has 3 aromatic rings. The maximum Gasteiger partial charge on any atom is 0.254 e. The van der Waals surface area contributed by atoms with Gasteiger partial charge in [0.25, 0.3) is 5.91 Å². The van der Waals surface area contributed by atoms with Gasteiger partial charge < -0.3 is 20.0 Å². The van der Waals surface area contributed by atoms with Crippen molar-refractivity contribution in [1.29, 1.82) is 0 Å². The average molecular weight is 568 g/mol. The van der Waals surface area contributed by atoms with Crippen molar-refractivity contribution in [3.8, 4) is 0 Å². The van der Waals surface area contributed by atoms with Gasteiger partial charge in [-0.1, -0.05) is 49.2 Å². The number of aromatic nitrogens is 1. The number of carbonyl (C=O) groups is 3. The minimum Gasteiger partial charge on any atom is -0.368 e. The number of rotatable bonds is 9. The van der Waals surface area contributed by atoms with E-state index in [0.717, 1.165) is 24.3 Å². The van der Waals surface area contributed by atoms with Crippen LogP contribution in [0.2, 0.25) is 5.02 Å². The molecule has 0 spiro atoms. The zero-order valence-electron chi connectivity index (χ0n) is 22.5. The van der Waals surface area contributed by atoms with Crippen LogP contribution in [0.25, 0.3) is 0 Å². The zero-order valence-corrected chi connectivity index (χ0v) is 24.1. The van der Waals surface area contributed by atoms with Crippen molar-refractivity contribution < 1.29 is 14.4 Å². The molecule has 39 heavy (non-hydrogen) atoms. The maximum atomic E-state index is 13.1. The molecule has 0 unspecified atom stereocenters. The van der Waals surface area contributed by atoms with Crippen molar-refractivity contribution >= 4 is 51.5 Å². The Hall–Kier alpha value is -3.43. The second-order valence-corrected chi connectivity index (χ2v) is 11.5. The maximum absolute atomic E-state index is 13.1. The predicted octanol–water partition coefficient (Wildman–Crippen LogP) is 4.73. The third kappa shape index (κ3) is 8.03. The molecule has 1 N–H and O–H groups in total. The average Bonchev–Trinajstić information content (AvgIpc) is 3.34. The van der Waals surface area contributed by atoms with Crippen LogP contribution in [0.15, 0.2) is 53.9 Å². The fraction of sp³-hybridized carbons (Fsp3) is 0.379. The second-order valence-electron chi connectivity index (χ2n) is 10.2. The Balaban J connectivity index is 1.28. The molecule has 2 aromatic carbocycles. The number of hydrogen-bond donors (Lipinski definition) is 1. The molecule has 3 amide bonds. The van der Waals surface area contributed by atoms with E-state index in [4.69, 9.17) is 11.6 Å². The number of benzene rings is 2. The van der Waals surface area contributed by atoms with Gasteiger partial charge in [0.2, 0.25) is 11.8 Å². The molecule has 8 nitrogen and oxygen atoms in total. The van der Waals surface area contributed by atoms with Crippen LogP contribution in [0, 0.1) is 12.8 Å². The molecule has 1 aliphatic heterocycles. The number of nitrogens with one attached hydrogen (secondary N) is 1. The van der Waals surface area contributed by atoms with E-state index in [1.807, 2.05) is 62.1 Å². The van der Waals surface area contributed by atoms with Crippen molar-refractivity contribution in [2.75, 3.05) is 49.5 Å². The van der Waals surface area contributed by atoms with E-state index < -0.39 is 0 Å². The Kier molecular flexibility index (Phi) is 9.59. The number of nitrogens with zero attached hydrogens (tertiary/aromatic N) is 4. The SMILES string of the molecule is Cc1ccc(C(=O)N(CC(=O)Nc2nc(CC(=O)N3CCN(c4cccc(Cl)c4)CC3)cs2)CC(C)C)cc1. The highest BCUT2D eigenvalue weighted by atomic mass is 35.5. The van der Waals surface area contributed by atoms with Gasteiger partial charge in [-0.15, -0.1) is 11.3 Å². The number of amides is 3. The first kappa shape index (κ1) is 28.6. The summed E-state index contributed by atoms with van der Waals surface area (Å²) in [5, 5.41) is 5.70. The number of anilines is 2. The largest absolute Gasteiger partial charge is 0.368 e. The topological polar surface area (TPSA) is 85.8 Å². The van der Waals surface area contributed by atoms with Crippen molar-refractivity contribution in [3.05, 3.63) is 75.8 Å². The van der Waals surface area contributed by atoms with Crippen LogP contribution in [-0.4, -0.2) is 71.8 Å². The molecule has 1 aromatic heterocycles. The van der Waals surface area contributed by atoms with E-state index in [2.05, 4.69) is 15.2 Å². The summed E-state index contributed by atoms with van der Waals surface area (Å²) in [5.74, 6) is -0.284. The van der Waals surface area contributed by atoms with Crippen LogP contribution in [0.3, 0.4) is 0 Å². The van der Waals surface area contributed by atoms with Gasteiger partial charge in [-0.05, 0) is 43.2 Å². The van der Waals surface area contributed by atoms with Crippen molar-refractivity contribution in [2.45, 2.75) is 27.2 Å². The van der Waals surface area contributed by atoms with Crippen LogP contribution in [-0.2, 0) is 16.0 Å². The van der Waals surface area contributed by atoms with E-state index in [0.29, 0.717) is 41.0 Å². The molecule has 2 heterocycles. The Morgan fingerprint density at radius 3 is 2.46 bits per heavy atom. The summed E-state index contributed by atoms with van der Waals surface area (Å²) in [5.41, 5.74) is 3.30. The first-order chi connectivity index (χ1) is 18.7. The van der Waals surface area contributed by atoms with Crippen LogP contribution >= 0.6 is 22.9 Å². The molecule has 206 valence electrons. The summed E-state index contributed by atoms with van der Waals surface area (Å²) in [6, 6.07) is 15.1. The minimum absolute atomic E-state index is 0.00993. The van der Waals surface area contributed by atoms with E-state index in [9.17, 15) is 14.4 Å². The lowest BCUT2D eigenvalue weighted by atomic mass is 10.1. The smallest absolute Gasteiger partial charge is 0.254 e. The molecule has 0 atom stereocenters. The van der Waals surface area contributed by atoms with Crippen LogP contribution in [0.4, 0.5) is 10.8 Å². The number of aryl methyl sites for hydroxylation is 1. The Morgan fingerprint density at radius 2 is 1.79 bits per heavy atom. The first-order valence-electron chi connectivity index (χ1n) is 13.1. The molecule has 10 heteroatoms. The molecule has 0 radical (unpaired) electrons. The van der Waals surface area contributed by atoms with E-state index in [-0.39, 0.29) is 36.6 Å². The van der Waals surface area contributed by atoms with Crippen LogP contribution in [0.5, 0.6) is 0 Å². The third-order valence-corrected chi connectivity index (χ3v) is 7.48. The normalized spacial score (nSPS) is 13.5. The minimum atomic E-state index is -0.319. The standard InChI is InChI=1S/C29H34ClN5O3S/c1-20(2)17-35(28(38)22-9-7-21(3)8-10-22)18-26(36)32-29-31-24(19-39-29)16-27(37)34-13-11-33(12-14-34)25-6-4-5-23(30)15-25/h4-10,15,19-20H,11-14,16-18H2,1-3H3,(H,31,32,36). The molecule has 4 rings (SSSR count). The van der Waals surface area contributed by atoms with E-state index in [1.54, 1.807) is 22.4 Å². The molecular formula is C29H34ClN5O3S. The van der Waals surface area contributed by atoms with Crippen molar-refractivity contribution in [1.82, 2.24) is 14.8 Å². The van der Waals surface area contributed by atoms with Crippen LogP contribution in [0.1, 0.15) is 35.5 Å². The molecule has 0 aliphatic carbocycles. The Morgan fingerprint density at radius 1 is 1.08 bits per heavy atom. The fourth-order valence-electron chi connectivity index (χ4n) is 4.47. The van der Waals surface area contributed by atoms with Crippen molar-refractivity contribution in [3.63, 3.8) is 0 Å². The molecule has 1 fully saturated rings. The predicted molar refractivity (Wildman–Crippen MR) is 157 cm³/mol. The van der Waals surface area contributed by atoms with Gasteiger partial charge in [-0.3, -0.25) is 14.4 Å². The summed E-state index contributed by atoms with van der Waals surface area (Å²) in [6.07, 6.45) is 0.176. The fourth-order valence-corrected chi connectivity index (χ4v) is 5.38. The zero-order chi connectivity index (χ0) is 27.9. The van der Waals surface area contributed by atoms with E-state index in [1.165, 1.54) is 11.3 Å². The van der Waals surface area contributed by atoms with Crippen molar-refractivity contribution in [2.24, 2.45) is 5.92 Å². The highest BCUT2D eigenvalue weighted by molar-refractivity contribution is 7.13. The highest BCUT2D eigenvalue weighted by Crippen LogP contribution is 2.22. The highest BCUT2D eigenvalue weighted by Gasteiger charge is 2.23. The van der Waals surface area contributed by atoms with Gasteiger partial charge in [-0.2, -0.15) is 0 Å². The van der Waals surface area contributed by atoms with Gasteiger partial charge in [0.1, 0.15) is 6.54 Å². The summed E-state index contributed by atoms with van der Waals surface area (Å²) >= 11 is 7.39. The molecular weight excluding hydrogens is 534 g/mol. The number of carbonyl (C=O) groups excluding carboxylic acids is 3. The number of hydrogen-bond acceptors (Lipinski definition) is 6. The van der Waals surface area contributed by atoms with Crippen LogP contribution < -0.4 is 10.2 Å². The molecule has 0 bridgehead atoms. The van der Waals surface area contributed by atoms with Gasteiger partial charge in [-0.25, -0.2) is 4.98 Å². The lowest BCUT2D eigenvalue weighted by molar-refractivity contribution is -0.130. The second kappa shape index (κ2) is 13.1. The monoisotopic (exact) mass is 567 g/mol. The van der Waals surface area contributed by atoms with Gasteiger partial charge in [0.05, 0.1) is 12.1 Å². The molecule has 1 aliphatic rings. The summed E-state index contributed by atoms with van der Waals surface area (Å²) in [7, 11) is 0. The summed E-state index contributed by atoms with van der Waals surface area (Å²) in [6.45, 7) is 9.09. The Bertz CT molecular complexity index is 1300. The van der Waals surface area contributed by atoms with Gasteiger partial charge in [0, 0.05) is 54.4 Å². The lowest BCUT2D eigenvalue weighted by Crippen LogP contribution is -2.49. The summed E-state index contributed by atoms with van der Waals surface area (Å²) in [4.78, 5) is 48.8. The first-order valence-corrected chi connectivity index (χ1v) is 14.3. The quantitative estimate of drug-likeness (QED) is 0.404. The lowest BCUT2D eigenvalue weighted by Gasteiger charge is -2.36. The van der Waals surface area contributed by atoms with Gasteiger partial charge >= 0.3 is 0 Å². The molecule has 1 saturated heterocycles. The number of halogens is 1. The third-order valence-electron chi connectivity index (χ3n) is 6.44. The van der Waals surface area contributed by atoms with Gasteiger partial charge in [0.15, 0.2) is 5.13 Å². The summed E-state index contributed by atoms with van der Waals surface area (Å²) < 4.78 is 0. The van der Waals surface area contributed by atoms with E-state index >= 15 is 0 Å². The number of piperazine rings is 1.